The SMILES string of the molecule is CCOC(=O)C1C(/C=N/c2c(C)cccc2C)C2(C)C(C)=C(C)C1(C)C2C. The number of carbonyl (C=O) groups is 1. The summed E-state index contributed by atoms with van der Waals surface area (Å²) in [6, 6.07) is 6.23. The predicted octanol–water partition coefficient (Wildman–Crippen LogP) is 5.81. The Hall–Kier alpha value is -1.90. The molecule has 2 bridgehead atoms. The van der Waals surface area contributed by atoms with Gasteiger partial charge in [0.1, 0.15) is 0 Å². The second-order valence-corrected chi connectivity index (χ2v) is 8.81. The molecule has 1 saturated carbocycles. The van der Waals surface area contributed by atoms with Gasteiger partial charge in [-0.1, -0.05) is 50.1 Å². The fraction of sp³-hybridized carbons (Fsp3) is 0.583. The monoisotopic (exact) mass is 367 g/mol. The van der Waals surface area contributed by atoms with Crippen LogP contribution in [0.4, 0.5) is 5.69 Å². The molecule has 3 rings (SSSR count). The number of benzene rings is 1. The minimum Gasteiger partial charge on any atom is -0.466 e. The quantitative estimate of drug-likeness (QED) is 0.382. The highest BCUT2D eigenvalue weighted by molar-refractivity contribution is 5.84. The van der Waals surface area contributed by atoms with Crippen LogP contribution in [0.3, 0.4) is 0 Å². The van der Waals surface area contributed by atoms with E-state index >= 15 is 0 Å². The fourth-order valence-electron chi connectivity index (χ4n) is 5.87. The minimum absolute atomic E-state index is 0.0410. The number of nitrogens with zero attached hydrogens (tertiary/aromatic N) is 1. The van der Waals surface area contributed by atoms with Crippen molar-refractivity contribution in [3.8, 4) is 0 Å². The van der Waals surface area contributed by atoms with Gasteiger partial charge in [0.05, 0.1) is 18.2 Å². The van der Waals surface area contributed by atoms with Crippen molar-refractivity contribution < 1.29 is 9.53 Å². The van der Waals surface area contributed by atoms with Gasteiger partial charge in [0.15, 0.2) is 0 Å². The number of para-hydroxylation sites is 1. The average molecular weight is 368 g/mol. The Morgan fingerprint density at radius 1 is 1.11 bits per heavy atom. The van der Waals surface area contributed by atoms with E-state index < -0.39 is 0 Å². The van der Waals surface area contributed by atoms with E-state index in [9.17, 15) is 4.79 Å². The predicted molar refractivity (Wildman–Crippen MR) is 111 cm³/mol. The van der Waals surface area contributed by atoms with Crippen LogP contribution in [-0.2, 0) is 9.53 Å². The largest absolute Gasteiger partial charge is 0.466 e. The first-order chi connectivity index (χ1) is 12.6. The standard InChI is InChI=1S/C24H33NO2/c1-9-27-22(26)20-19(13-25-21-14(2)11-10-12-15(21)3)23(7)16(4)17(5)24(20,8)18(23)6/h10-13,18-20H,9H2,1-8H3/b25-13+. The van der Waals surface area contributed by atoms with Crippen molar-refractivity contribution in [2.45, 2.75) is 55.4 Å². The van der Waals surface area contributed by atoms with E-state index in [-0.39, 0.29) is 28.6 Å². The molecule has 2 aliphatic rings. The van der Waals surface area contributed by atoms with Gasteiger partial charge in [0.2, 0.25) is 0 Å². The van der Waals surface area contributed by atoms with E-state index in [1.54, 1.807) is 0 Å². The van der Waals surface area contributed by atoms with E-state index in [1.807, 2.05) is 6.92 Å². The summed E-state index contributed by atoms with van der Waals surface area (Å²) in [4.78, 5) is 17.9. The lowest BCUT2D eigenvalue weighted by Gasteiger charge is -2.38. The van der Waals surface area contributed by atoms with Crippen molar-refractivity contribution in [1.29, 1.82) is 0 Å². The highest BCUT2D eigenvalue weighted by Gasteiger charge is 2.69. The Kier molecular flexibility index (Phi) is 4.86. The van der Waals surface area contributed by atoms with Gasteiger partial charge in [0, 0.05) is 23.0 Å². The van der Waals surface area contributed by atoms with Crippen molar-refractivity contribution in [2.75, 3.05) is 6.61 Å². The third-order valence-corrected chi connectivity index (χ3v) is 8.02. The van der Waals surface area contributed by atoms with Crippen LogP contribution in [0.1, 0.15) is 52.7 Å². The van der Waals surface area contributed by atoms with Crippen LogP contribution < -0.4 is 0 Å². The zero-order chi connectivity index (χ0) is 20.1. The molecule has 5 atom stereocenters. The van der Waals surface area contributed by atoms with Crippen LogP contribution >= 0.6 is 0 Å². The van der Waals surface area contributed by atoms with Gasteiger partial charge in [-0.15, -0.1) is 0 Å². The summed E-state index contributed by atoms with van der Waals surface area (Å²) in [7, 11) is 0. The third-order valence-electron chi connectivity index (χ3n) is 8.02. The molecule has 0 spiro atoms. The number of carbonyl (C=O) groups excluding carboxylic acids is 1. The number of hydrogen-bond acceptors (Lipinski definition) is 3. The first kappa shape index (κ1) is 19.9. The number of esters is 1. The topological polar surface area (TPSA) is 38.7 Å². The number of aliphatic imine (C=N–C) groups is 1. The molecule has 5 unspecified atom stereocenters. The number of rotatable bonds is 4. The second kappa shape index (κ2) is 6.61. The molecular formula is C24H33NO2. The summed E-state index contributed by atoms with van der Waals surface area (Å²) in [5, 5.41) is 0. The molecule has 146 valence electrons. The van der Waals surface area contributed by atoms with Crippen LogP contribution in [0.2, 0.25) is 0 Å². The van der Waals surface area contributed by atoms with Crippen molar-refractivity contribution in [2.24, 2.45) is 33.6 Å². The molecule has 0 heterocycles. The van der Waals surface area contributed by atoms with Crippen molar-refractivity contribution in [3.05, 3.63) is 40.5 Å². The number of fused-ring (bicyclic) bond motifs is 2. The summed E-state index contributed by atoms with van der Waals surface area (Å²) < 4.78 is 5.53. The maximum absolute atomic E-state index is 13.0. The molecule has 1 aromatic rings. The zero-order valence-electron chi connectivity index (χ0n) is 18.0. The van der Waals surface area contributed by atoms with Gasteiger partial charge in [-0.25, -0.2) is 0 Å². The smallest absolute Gasteiger partial charge is 0.310 e. The summed E-state index contributed by atoms with van der Waals surface area (Å²) in [5.41, 5.74) is 5.86. The number of hydrogen-bond donors (Lipinski definition) is 0. The third kappa shape index (κ3) is 2.54. The van der Waals surface area contributed by atoms with Crippen LogP contribution in [-0.4, -0.2) is 18.8 Å². The van der Waals surface area contributed by atoms with Gasteiger partial charge >= 0.3 is 5.97 Å². The molecule has 2 aliphatic carbocycles. The molecule has 1 aromatic carbocycles. The first-order valence-corrected chi connectivity index (χ1v) is 10.1. The lowest BCUT2D eigenvalue weighted by atomic mass is 9.66. The summed E-state index contributed by atoms with van der Waals surface area (Å²) in [6.07, 6.45) is 2.05. The fourth-order valence-corrected chi connectivity index (χ4v) is 5.87. The molecule has 0 aliphatic heterocycles. The maximum atomic E-state index is 13.0. The van der Waals surface area contributed by atoms with Crippen LogP contribution in [0.25, 0.3) is 0 Å². The van der Waals surface area contributed by atoms with E-state index in [0.29, 0.717) is 12.5 Å². The Balaban J connectivity index is 2.12. The van der Waals surface area contributed by atoms with Crippen molar-refractivity contribution >= 4 is 17.9 Å². The molecule has 27 heavy (non-hydrogen) atoms. The van der Waals surface area contributed by atoms with Gasteiger partial charge < -0.3 is 4.74 Å². The van der Waals surface area contributed by atoms with Gasteiger partial charge in [-0.2, -0.15) is 0 Å². The summed E-state index contributed by atoms with van der Waals surface area (Å²) in [5.74, 6) is 0.141. The van der Waals surface area contributed by atoms with Crippen molar-refractivity contribution in [1.82, 2.24) is 0 Å². The minimum atomic E-state index is -0.186. The Morgan fingerprint density at radius 2 is 1.67 bits per heavy atom. The Morgan fingerprint density at radius 3 is 2.22 bits per heavy atom. The number of ether oxygens (including phenoxy) is 1. The molecule has 3 heteroatoms. The molecular weight excluding hydrogens is 334 g/mol. The molecule has 0 saturated heterocycles. The van der Waals surface area contributed by atoms with E-state index in [2.05, 4.69) is 72.9 Å². The normalized spacial score (nSPS) is 35.3. The zero-order valence-corrected chi connectivity index (χ0v) is 18.0. The maximum Gasteiger partial charge on any atom is 0.310 e. The van der Waals surface area contributed by atoms with Gasteiger partial charge in [-0.05, 0) is 51.7 Å². The van der Waals surface area contributed by atoms with Crippen LogP contribution in [0.15, 0.2) is 34.3 Å². The number of aryl methyl sites for hydroxylation is 2. The highest BCUT2D eigenvalue weighted by Crippen LogP contribution is 2.71. The second-order valence-electron chi connectivity index (χ2n) is 8.81. The summed E-state index contributed by atoms with van der Waals surface area (Å²) in [6.45, 7) is 17.7. The number of allylic oxidation sites excluding steroid dienone is 2. The lowest BCUT2D eigenvalue weighted by molar-refractivity contribution is -0.152. The van der Waals surface area contributed by atoms with Crippen LogP contribution in [0, 0.1) is 42.4 Å². The van der Waals surface area contributed by atoms with Crippen LogP contribution in [0.5, 0.6) is 0 Å². The molecule has 3 nitrogen and oxygen atoms in total. The Labute approximate surface area is 163 Å². The van der Waals surface area contributed by atoms with E-state index in [1.165, 1.54) is 11.1 Å². The molecule has 0 aromatic heterocycles. The van der Waals surface area contributed by atoms with Crippen molar-refractivity contribution in [3.63, 3.8) is 0 Å². The van der Waals surface area contributed by atoms with Gasteiger partial charge in [-0.3, -0.25) is 9.79 Å². The molecule has 1 fully saturated rings. The average Bonchev–Trinajstić information content (AvgIpc) is 2.87. The molecule has 0 radical (unpaired) electrons. The first-order valence-electron chi connectivity index (χ1n) is 10.1. The lowest BCUT2D eigenvalue weighted by Crippen LogP contribution is -2.40. The molecule has 0 N–H and O–H groups in total. The Bertz CT molecular complexity index is 817. The van der Waals surface area contributed by atoms with E-state index in [0.717, 1.165) is 16.8 Å². The highest BCUT2D eigenvalue weighted by atomic mass is 16.5. The molecule has 0 amide bonds. The van der Waals surface area contributed by atoms with Gasteiger partial charge in [0.25, 0.3) is 0 Å². The summed E-state index contributed by atoms with van der Waals surface area (Å²) >= 11 is 0. The van der Waals surface area contributed by atoms with E-state index in [4.69, 9.17) is 9.73 Å².